The highest BCUT2D eigenvalue weighted by Crippen LogP contribution is 2.28. The highest BCUT2D eigenvalue weighted by Gasteiger charge is 2.17. The molecule has 1 aromatic heterocycles. The minimum atomic E-state index is -0.192. The van der Waals surface area contributed by atoms with Crippen molar-refractivity contribution >= 4 is 46.6 Å². The van der Waals surface area contributed by atoms with E-state index in [4.69, 9.17) is 23.2 Å². The first-order valence-corrected chi connectivity index (χ1v) is 11.2. The lowest BCUT2D eigenvalue weighted by molar-refractivity contribution is -0.113. The molecule has 0 atom stereocenters. The average Bonchev–Trinajstić information content (AvgIpc) is 3.16. The third-order valence-electron chi connectivity index (χ3n) is 4.44. The van der Waals surface area contributed by atoms with E-state index in [-0.39, 0.29) is 11.7 Å². The molecule has 0 fully saturated rings. The van der Waals surface area contributed by atoms with Crippen LogP contribution in [0.25, 0.3) is 17.1 Å². The van der Waals surface area contributed by atoms with Crippen LogP contribution in [0.2, 0.25) is 10.0 Å². The molecule has 4 aromatic rings. The predicted octanol–water partition coefficient (Wildman–Crippen LogP) is 6.28. The lowest BCUT2D eigenvalue weighted by atomic mass is 10.1. The number of carbonyl (C=O) groups is 1. The van der Waals surface area contributed by atoms with Gasteiger partial charge in [-0.2, -0.15) is 0 Å². The molecule has 31 heavy (non-hydrogen) atoms. The maximum Gasteiger partial charge on any atom is 0.234 e. The van der Waals surface area contributed by atoms with Gasteiger partial charge in [-0.1, -0.05) is 83.0 Å². The van der Waals surface area contributed by atoms with E-state index < -0.39 is 0 Å². The van der Waals surface area contributed by atoms with E-state index >= 15 is 0 Å². The predicted molar refractivity (Wildman–Crippen MR) is 127 cm³/mol. The second-order valence-electron chi connectivity index (χ2n) is 6.84. The van der Waals surface area contributed by atoms with Crippen LogP contribution in [-0.4, -0.2) is 26.4 Å². The van der Waals surface area contributed by atoms with Gasteiger partial charge in [-0.25, -0.2) is 0 Å². The highest BCUT2D eigenvalue weighted by atomic mass is 35.5. The summed E-state index contributed by atoms with van der Waals surface area (Å²) in [6.07, 6.45) is 0. The molecule has 0 saturated carbocycles. The summed E-state index contributed by atoms with van der Waals surface area (Å²) in [6.45, 7) is 2.04. The Balaban J connectivity index is 1.58. The molecule has 0 saturated heterocycles. The van der Waals surface area contributed by atoms with Gasteiger partial charge in [-0.05, 0) is 37.3 Å². The van der Waals surface area contributed by atoms with Gasteiger partial charge >= 0.3 is 0 Å². The van der Waals surface area contributed by atoms with Crippen LogP contribution < -0.4 is 5.32 Å². The van der Waals surface area contributed by atoms with Gasteiger partial charge in [0, 0.05) is 27.0 Å². The molecule has 1 N–H and O–H groups in total. The number of benzene rings is 3. The summed E-state index contributed by atoms with van der Waals surface area (Å²) in [5, 5.41) is 13.1. The fourth-order valence-corrected chi connectivity index (χ4v) is 4.29. The molecule has 4 rings (SSSR count). The first-order valence-electron chi connectivity index (χ1n) is 9.46. The molecule has 8 heteroatoms. The van der Waals surface area contributed by atoms with Crippen LogP contribution in [0.4, 0.5) is 5.69 Å². The van der Waals surface area contributed by atoms with Crippen molar-refractivity contribution in [2.24, 2.45) is 0 Å². The number of rotatable bonds is 6. The van der Waals surface area contributed by atoms with Gasteiger partial charge in [-0.3, -0.25) is 9.36 Å². The number of aryl methyl sites for hydroxylation is 1. The van der Waals surface area contributed by atoms with Crippen molar-refractivity contribution in [2.45, 2.75) is 12.1 Å². The van der Waals surface area contributed by atoms with Gasteiger partial charge in [-0.15, -0.1) is 10.2 Å². The molecular formula is C23H18Cl2N4OS. The number of aromatic nitrogens is 3. The SMILES string of the molecule is Cc1ccc(-c2nnc(SCC(=O)Nc3cc(Cl)cc(Cl)c3)n2-c2ccccc2)cc1. The topological polar surface area (TPSA) is 59.8 Å². The van der Waals surface area contributed by atoms with Crippen LogP contribution in [0, 0.1) is 6.92 Å². The van der Waals surface area contributed by atoms with Crippen LogP contribution >= 0.6 is 35.0 Å². The molecule has 0 radical (unpaired) electrons. The van der Waals surface area contributed by atoms with Crippen molar-refractivity contribution in [1.82, 2.24) is 14.8 Å². The Labute approximate surface area is 194 Å². The van der Waals surface area contributed by atoms with Crippen molar-refractivity contribution in [2.75, 3.05) is 11.1 Å². The Bertz CT molecular complexity index is 1190. The summed E-state index contributed by atoms with van der Waals surface area (Å²) in [4.78, 5) is 12.5. The maximum absolute atomic E-state index is 12.5. The smallest absolute Gasteiger partial charge is 0.234 e. The van der Waals surface area contributed by atoms with Gasteiger partial charge in [0.15, 0.2) is 11.0 Å². The molecule has 1 amide bonds. The molecule has 1 heterocycles. The van der Waals surface area contributed by atoms with E-state index in [0.717, 1.165) is 17.1 Å². The monoisotopic (exact) mass is 468 g/mol. The molecule has 0 bridgehead atoms. The Morgan fingerprint density at radius 3 is 2.32 bits per heavy atom. The van der Waals surface area contributed by atoms with Gasteiger partial charge in [0.25, 0.3) is 0 Å². The molecule has 0 unspecified atom stereocenters. The standard InChI is InChI=1S/C23H18Cl2N4OS/c1-15-7-9-16(10-8-15)22-27-28-23(29(22)20-5-3-2-4-6-20)31-14-21(30)26-19-12-17(24)11-18(25)13-19/h2-13H,14H2,1H3,(H,26,30). The van der Waals surface area contributed by atoms with Crippen molar-refractivity contribution < 1.29 is 4.79 Å². The van der Waals surface area contributed by atoms with Gasteiger partial charge < -0.3 is 5.32 Å². The third kappa shape index (κ3) is 5.28. The molecule has 3 aromatic carbocycles. The Morgan fingerprint density at radius 1 is 0.968 bits per heavy atom. The van der Waals surface area contributed by atoms with Crippen molar-refractivity contribution in [1.29, 1.82) is 0 Å². The summed E-state index contributed by atoms with van der Waals surface area (Å²) in [6, 6.07) is 22.9. The number of carbonyl (C=O) groups excluding carboxylic acids is 1. The maximum atomic E-state index is 12.5. The zero-order valence-corrected chi connectivity index (χ0v) is 18.9. The first-order chi connectivity index (χ1) is 15.0. The highest BCUT2D eigenvalue weighted by molar-refractivity contribution is 7.99. The number of amides is 1. The van der Waals surface area contributed by atoms with Gasteiger partial charge in [0.2, 0.25) is 5.91 Å². The minimum Gasteiger partial charge on any atom is -0.325 e. The largest absolute Gasteiger partial charge is 0.325 e. The van der Waals surface area contributed by atoms with Crippen LogP contribution in [0.15, 0.2) is 78.0 Å². The first kappa shape index (κ1) is 21.4. The number of nitrogens with one attached hydrogen (secondary N) is 1. The summed E-state index contributed by atoms with van der Waals surface area (Å²) in [5.74, 6) is 0.682. The van der Waals surface area contributed by atoms with E-state index in [0.29, 0.717) is 20.9 Å². The average molecular weight is 469 g/mol. The number of hydrogen-bond acceptors (Lipinski definition) is 4. The number of nitrogens with zero attached hydrogens (tertiary/aromatic N) is 3. The van der Waals surface area contributed by atoms with Crippen LogP contribution in [0.3, 0.4) is 0 Å². The number of anilines is 1. The number of hydrogen-bond donors (Lipinski definition) is 1. The second-order valence-corrected chi connectivity index (χ2v) is 8.65. The van der Waals surface area contributed by atoms with Crippen molar-refractivity contribution in [3.8, 4) is 17.1 Å². The summed E-state index contributed by atoms with van der Waals surface area (Å²) in [5.41, 5.74) is 3.59. The Kier molecular flexibility index (Phi) is 6.61. The van der Waals surface area contributed by atoms with Gasteiger partial charge in [0.05, 0.1) is 5.75 Å². The molecular weight excluding hydrogens is 451 g/mol. The lowest BCUT2D eigenvalue weighted by Crippen LogP contribution is -2.14. The lowest BCUT2D eigenvalue weighted by Gasteiger charge is -2.11. The fourth-order valence-electron chi connectivity index (χ4n) is 3.02. The summed E-state index contributed by atoms with van der Waals surface area (Å²) >= 11 is 13.3. The molecule has 5 nitrogen and oxygen atoms in total. The summed E-state index contributed by atoms with van der Waals surface area (Å²) < 4.78 is 1.96. The minimum absolute atomic E-state index is 0.156. The molecule has 0 aliphatic heterocycles. The third-order valence-corrected chi connectivity index (χ3v) is 5.80. The molecule has 0 aliphatic rings. The molecule has 0 aliphatic carbocycles. The van der Waals surface area contributed by atoms with E-state index in [9.17, 15) is 4.79 Å². The number of thioether (sulfide) groups is 1. The Hall–Kier alpha value is -2.80. The normalized spacial score (nSPS) is 10.8. The molecule has 156 valence electrons. The van der Waals surface area contributed by atoms with Gasteiger partial charge in [0.1, 0.15) is 0 Å². The fraction of sp³-hybridized carbons (Fsp3) is 0.0870. The Morgan fingerprint density at radius 2 is 1.65 bits per heavy atom. The van der Waals surface area contributed by atoms with Crippen molar-refractivity contribution in [3.63, 3.8) is 0 Å². The van der Waals surface area contributed by atoms with Crippen LogP contribution in [-0.2, 0) is 4.79 Å². The molecule has 0 spiro atoms. The van der Waals surface area contributed by atoms with E-state index in [1.54, 1.807) is 18.2 Å². The number of para-hydroxylation sites is 1. The zero-order chi connectivity index (χ0) is 21.8. The van der Waals surface area contributed by atoms with E-state index in [1.165, 1.54) is 17.3 Å². The zero-order valence-electron chi connectivity index (χ0n) is 16.5. The van der Waals surface area contributed by atoms with Crippen LogP contribution in [0.5, 0.6) is 0 Å². The van der Waals surface area contributed by atoms with Crippen LogP contribution in [0.1, 0.15) is 5.56 Å². The quantitative estimate of drug-likeness (QED) is 0.338. The van der Waals surface area contributed by atoms with E-state index in [2.05, 4.69) is 15.5 Å². The number of halogens is 2. The summed E-state index contributed by atoms with van der Waals surface area (Å²) in [7, 11) is 0. The van der Waals surface area contributed by atoms with Crippen molar-refractivity contribution in [3.05, 3.63) is 88.4 Å². The van der Waals surface area contributed by atoms with E-state index in [1.807, 2.05) is 66.1 Å². The second kappa shape index (κ2) is 9.56.